The average Bonchev–Trinajstić information content (AvgIpc) is 2.94. The van der Waals surface area contributed by atoms with E-state index >= 15 is 0 Å². The van der Waals surface area contributed by atoms with Gasteiger partial charge < -0.3 is 5.73 Å². The molecule has 19 heavy (non-hydrogen) atoms. The van der Waals surface area contributed by atoms with Gasteiger partial charge in [-0.3, -0.25) is 9.80 Å². The highest BCUT2D eigenvalue weighted by molar-refractivity contribution is 4.92. The molecule has 0 unspecified atom stereocenters. The lowest BCUT2D eigenvalue weighted by Crippen LogP contribution is -2.57. The van der Waals surface area contributed by atoms with Crippen LogP contribution in [0.5, 0.6) is 0 Å². The van der Waals surface area contributed by atoms with Gasteiger partial charge in [-0.05, 0) is 25.7 Å². The quantitative estimate of drug-likeness (QED) is 0.849. The van der Waals surface area contributed by atoms with Gasteiger partial charge in [0.1, 0.15) is 0 Å². The van der Waals surface area contributed by atoms with Gasteiger partial charge in [0, 0.05) is 44.3 Å². The van der Waals surface area contributed by atoms with Crippen molar-refractivity contribution >= 4 is 0 Å². The Hall–Kier alpha value is -0.120. The minimum atomic E-state index is 0.133. The van der Waals surface area contributed by atoms with E-state index < -0.39 is 0 Å². The summed E-state index contributed by atoms with van der Waals surface area (Å²) < 4.78 is 0. The van der Waals surface area contributed by atoms with E-state index in [2.05, 4.69) is 9.80 Å². The topological polar surface area (TPSA) is 32.5 Å². The lowest BCUT2D eigenvalue weighted by Gasteiger charge is -2.43. The Morgan fingerprint density at radius 1 is 0.842 bits per heavy atom. The first-order valence-electron chi connectivity index (χ1n) is 8.51. The van der Waals surface area contributed by atoms with E-state index in [0.717, 1.165) is 12.6 Å². The largest absolute Gasteiger partial charge is 0.324 e. The lowest BCUT2D eigenvalue weighted by molar-refractivity contribution is 0.0752. The maximum Gasteiger partial charge on any atom is 0.0283 e. The Morgan fingerprint density at radius 2 is 1.47 bits per heavy atom. The Labute approximate surface area is 118 Å². The molecular weight excluding hydrogens is 234 g/mol. The summed E-state index contributed by atoms with van der Waals surface area (Å²) in [6.07, 6.45) is 12.4. The van der Waals surface area contributed by atoms with Gasteiger partial charge >= 0.3 is 0 Å². The number of nitrogens with two attached hydrogens (primary N) is 1. The monoisotopic (exact) mass is 265 g/mol. The van der Waals surface area contributed by atoms with Crippen molar-refractivity contribution in [3.8, 4) is 0 Å². The fourth-order valence-corrected chi connectivity index (χ4v) is 4.42. The summed E-state index contributed by atoms with van der Waals surface area (Å²) in [7, 11) is 0. The molecular formula is C16H31N3. The molecule has 1 heterocycles. The highest BCUT2D eigenvalue weighted by atomic mass is 15.3. The molecule has 0 aromatic rings. The van der Waals surface area contributed by atoms with E-state index in [-0.39, 0.29) is 5.54 Å². The fourth-order valence-electron chi connectivity index (χ4n) is 4.42. The summed E-state index contributed by atoms with van der Waals surface area (Å²) in [5.74, 6) is 0. The first-order chi connectivity index (χ1) is 9.25. The van der Waals surface area contributed by atoms with Crippen LogP contribution in [0.4, 0.5) is 0 Å². The standard InChI is InChI=1S/C16H31N3/c17-16(8-4-1-5-9-16)14-18-10-12-19(13-11-18)15-6-2-3-7-15/h15H,1-14,17H2. The van der Waals surface area contributed by atoms with Gasteiger partial charge in [-0.15, -0.1) is 0 Å². The fraction of sp³-hybridized carbons (Fsp3) is 1.00. The second-order valence-electron chi connectivity index (χ2n) is 7.17. The second kappa shape index (κ2) is 6.11. The van der Waals surface area contributed by atoms with Crippen LogP contribution in [0.1, 0.15) is 57.8 Å². The summed E-state index contributed by atoms with van der Waals surface area (Å²) >= 11 is 0. The molecule has 0 bridgehead atoms. The van der Waals surface area contributed by atoms with Crippen molar-refractivity contribution in [1.29, 1.82) is 0 Å². The molecule has 2 N–H and O–H groups in total. The van der Waals surface area contributed by atoms with Crippen LogP contribution in [-0.4, -0.2) is 54.1 Å². The zero-order valence-corrected chi connectivity index (χ0v) is 12.4. The third-order valence-electron chi connectivity index (χ3n) is 5.64. The maximum atomic E-state index is 6.59. The highest BCUT2D eigenvalue weighted by Crippen LogP contribution is 2.28. The summed E-state index contributed by atoms with van der Waals surface area (Å²) in [6.45, 7) is 6.19. The van der Waals surface area contributed by atoms with Crippen LogP contribution in [0.3, 0.4) is 0 Å². The minimum absolute atomic E-state index is 0.133. The molecule has 1 aliphatic heterocycles. The van der Waals surface area contributed by atoms with E-state index in [1.165, 1.54) is 84.0 Å². The molecule has 0 atom stereocenters. The van der Waals surface area contributed by atoms with Crippen LogP contribution in [0.25, 0.3) is 0 Å². The van der Waals surface area contributed by atoms with Crippen molar-refractivity contribution < 1.29 is 0 Å². The zero-order valence-electron chi connectivity index (χ0n) is 12.4. The number of rotatable bonds is 3. The predicted octanol–water partition coefficient (Wildman–Crippen LogP) is 2.21. The molecule has 3 rings (SSSR count). The van der Waals surface area contributed by atoms with Crippen LogP contribution in [0, 0.1) is 0 Å². The zero-order chi connectivity index (χ0) is 13.1. The van der Waals surface area contributed by atoms with Crippen molar-refractivity contribution in [2.45, 2.75) is 69.4 Å². The predicted molar refractivity (Wildman–Crippen MR) is 80.3 cm³/mol. The van der Waals surface area contributed by atoms with Crippen LogP contribution in [0.15, 0.2) is 0 Å². The van der Waals surface area contributed by atoms with Crippen LogP contribution >= 0.6 is 0 Å². The van der Waals surface area contributed by atoms with Gasteiger partial charge in [0.15, 0.2) is 0 Å². The molecule has 0 aromatic heterocycles. The third-order valence-corrected chi connectivity index (χ3v) is 5.64. The van der Waals surface area contributed by atoms with Gasteiger partial charge in [-0.1, -0.05) is 32.1 Å². The van der Waals surface area contributed by atoms with Crippen molar-refractivity contribution in [3.63, 3.8) is 0 Å². The SMILES string of the molecule is NC1(CN2CCN(C3CCCC3)CC2)CCCCC1. The number of nitrogens with zero attached hydrogens (tertiary/aromatic N) is 2. The molecule has 0 aromatic carbocycles. The maximum absolute atomic E-state index is 6.59. The Balaban J connectivity index is 1.44. The Bertz CT molecular complexity index is 272. The molecule has 3 aliphatic rings. The van der Waals surface area contributed by atoms with Crippen LogP contribution < -0.4 is 5.73 Å². The van der Waals surface area contributed by atoms with Crippen LogP contribution in [0.2, 0.25) is 0 Å². The summed E-state index contributed by atoms with van der Waals surface area (Å²) in [5.41, 5.74) is 6.72. The average molecular weight is 265 g/mol. The number of hydrogen-bond donors (Lipinski definition) is 1. The summed E-state index contributed by atoms with van der Waals surface area (Å²) in [4.78, 5) is 5.38. The van der Waals surface area contributed by atoms with Crippen molar-refractivity contribution in [3.05, 3.63) is 0 Å². The third kappa shape index (κ3) is 3.50. The Kier molecular flexibility index (Phi) is 4.45. The first kappa shape index (κ1) is 13.8. The summed E-state index contributed by atoms with van der Waals surface area (Å²) in [6, 6.07) is 0.906. The number of piperazine rings is 1. The minimum Gasteiger partial charge on any atom is -0.324 e. The smallest absolute Gasteiger partial charge is 0.0283 e. The second-order valence-corrected chi connectivity index (χ2v) is 7.17. The van der Waals surface area contributed by atoms with E-state index in [4.69, 9.17) is 5.73 Å². The van der Waals surface area contributed by atoms with Gasteiger partial charge in [0.2, 0.25) is 0 Å². The highest BCUT2D eigenvalue weighted by Gasteiger charge is 2.32. The van der Waals surface area contributed by atoms with Gasteiger partial charge in [-0.2, -0.15) is 0 Å². The lowest BCUT2D eigenvalue weighted by atomic mass is 9.82. The first-order valence-corrected chi connectivity index (χ1v) is 8.51. The van der Waals surface area contributed by atoms with Crippen molar-refractivity contribution in [2.24, 2.45) is 5.73 Å². The molecule has 2 aliphatic carbocycles. The molecule has 3 nitrogen and oxygen atoms in total. The van der Waals surface area contributed by atoms with Crippen LogP contribution in [-0.2, 0) is 0 Å². The normalized spacial score (nSPS) is 30.8. The molecule has 0 amide bonds. The van der Waals surface area contributed by atoms with E-state index in [0.29, 0.717) is 0 Å². The molecule has 110 valence electrons. The molecule has 0 spiro atoms. The van der Waals surface area contributed by atoms with Crippen molar-refractivity contribution in [1.82, 2.24) is 9.80 Å². The molecule has 3 fully saturated rings. The summed E-state index contributed by atoms with van der Waals surface area (Å²) in [5, 5.41) is 0. The van der Waals surface area contributed by atoms with Gasteiger partial charge in [-0.25, -0.2) is 0 Å². The molecule has 2 saturated carbocycles. The molecule has 1 saturated heterocycles. The van der Waals surface area contributed by atoms with Crippen molar-refractivity contribution in [2.75, 3.05) is 32.7 Å². The van der Waals surface area contributed by atoms with Gasteiger partial charge in [0.05, 0.1) is 0 Å². The molecule has 3 heteroatoms. The van der Waals surface area contributed by atoms with E-state index in [1.54, 1.807) is 0 Å². The molecule has 0 radical (unpaired) electrons. The Morgan fingerprint density at radius 3 is 2.11 bits per heavy atom. The van der Waals surface area contributed by atoms with E-state index in [9.17, 15) is 0 Å². The van der Waals surface area contributed by atoms with E-state index in [1.807, 2.05) is 0 Å². The number of hydrogen-bond acceptors (Lipinski definition) is 3. The van der Waals surface area contributed by atoms with Gasteiger partial charge in [0.25, 0.3) is 0 Å².